The molecule has 0 aliphatic carbocycles. The predicted molar refractivity (Wildman–Crippen MR) is 106 cm³/mol. The molecule has 1 aliphatic rings. The maximum atomic E-state index is 14.5. The van der Waals surface area contributed by atoms with Crippen LogP contribution in [0, 0.1) is 11.6 Å². The molecule has 1 unspecified atom stereocenters. The molecule has 1 atom stereocenters. The quantitative estimate of drug-likeness (QED) is 0.449. The highest BCUT2D eigenvalue weighted by Crippen LogP contribution is 2.39. The number of nitrogens with zero attached hydrogens (tertiary/aromatic N) is 3. The number of carbonyl (C=O) groups excluding carboxylic acids is 1. The summed E-state index contributed by atoms with van der Waals surface area (Å²) in [5.74, 6) is -1.13. The van der Waals surface area contributed by atoms with E-state index in [9.17, 15) is 13.6 Å². The third-order valence-corrected chi connectivity index (χ3v) is 5.04. The maximum absolute atomic E-state index is 14.5. The van der Waals surface area contributed by atoms with E-state index in [0.29, 0.717) is 35.7 Å². The van der Waals surface area contributed by atoms with Crippen molar-refractivity contribution >= 4 is 22.8 Å². The predicted octanol–water partition coefficient (Wildman–Crippen LogP) is 2.87. The summed E-state index contributed by atoms with van der Waals surface area (Å²) >= 11 is 0. The van der Waals surface area contributed by atoms with Crippen molar-refractivity contribution in [3.63, 3.8) is 0 Å². The summed E-state index contributed by atoms with van der Waals surface area (Å²) in [7, 11) is 1.51. The van der Waals surface area contributed by atoms with Gasteiger partial charge in [0.05, 0.1) is 35.8 Å². The standard InChI is InChI=1S/C20H16F2N6O3/c1-30-10-2-3-13(24-8-10)17-15(11-6-9(21)7-12(22)16(11)26-17)19-27-28-20(31-19)25-14-4-5-23-18(14)29/h2-3,6-8,14,26H,4-5H2,1H3,(H,23,29)(H,25,28). The van der Waals surface area contributed by atoms with Crippen LogP contribution >= 0.6 is 0 Å². The van der Waals surface area contributed by atoms with Crippen LogP contribution in [0.4, 0.5) is 14.8 Å². The van der Waals surface area contributed by atoms with Gasteiger partial charge in [-0.05, 0) is 24.6 Å². The average Bonchev–Trinajstić information content (AvgIpc) is 3.47. The van der Waals surface area contributed by atoms with Gasteiger partial charge in [-0.25, -0.2) is 8.78 Å². The zero-order chi connectivity index (χ0) is 21.5. The molecular formula is C20H16F2N6O3. The molecule has 1 aliphatic heterocycles. The van der Waals surface area contributed by atoms with Gasteiger partial charge in [0.2, 0.25) is 5.91 Å². The first-order chi connectivity index (χ1) is 15.0. The minimum Gasteiger partial charge on any atom is -0.495 e. The van der Waals surface area contributed by atoms with Crippen LogP contribution in [0.15, 0.2) is 34.9 Å². The van der Waals surface area contributed by atoms with Crippen molar-refractivity contribution in [3.05, 3.63) is 42.1 Å². The number of amides is 1. The van der Waals surface area contributed by atoms with E-state index < -0.39 is 17.7 Å². The van der Waals surface area contributed by atoms with Crippen molar-refractivity contribution in [1.29, 1.82) is 0 Å². The van der Waals surface area contributed by atoms with Crippen molar-refractivity contribution < 1.29 is 22.7 Å². The minimum absolute atomic E-state index is 0.0183. The Labute approximate surface area is 173 Å². The molecular weight excluding hydrogens is 410 g/mol. The van der Waals surface area contributed by atoms with Crippen LogP contribution in [0.25, 0.3) is 33.7 Å². The zero-order valence-electron chi connectivity index (χ0n) is 16.2. The van der Waals surface area contributed by atoms with E-state index in [2.05, 4.69) is 30.8 Å². The van der Waals surface area contributed by atoms with Gasteiger partial charge >= 0.3 is 6.01 Å². The second-order valence-electron chi connectivity index (χ2n) is 6.96. The first kappa shape index (κ1) is 19.0. The first-order valence-corrected chi connectivity index (χ1v) is 9.42. The number of anilines is 1. The lowest BCUT2D eigenvalue weighted by Crippen LogP contribution is -2.29. The number of benzene rings is 1. The Morgan fingerprint density at radius 1 is 1.26 bits per heavy atom. The summed E-state index contributed by atoms with van der Waals surface area (Å²) in [6, 6.07) is 4.85. The summed E-state index contributed by atoms with van der Waals surface area (Å²) in [5.41, 5.74) is 1.18. The van der Waals surface area contributed by atoms with Crippen LogP contribution in [-0.4, -0.2) is 45.8 Å². The Morgan fingerprint density at radius 2 is 2.13 bits per heavy atom. The fraction of sp³-hybridized carbons (Fsp3) is 0.200. The largest absolute Gasteiger partial charge is 0.495 e. The number of fused-ring (bicyclic) bond motifs is 1. The summed E-state index contributed by atoms with van der Waals surface area (Å²) in [4.78, 5) is 19.1. The Bertz CT molecular complexity index is 1280. The van der Waals surface area contributed by atoms with Crippen molar-refractivity contribution in [1.82, 2.24) is 25.5 Å². The van der Waals surface area contributed by atoms with Crippen LogP contribution < -0.4 is 15.4 Å². The lowest BCUT2D eigenvalue weighted by atomic mass is 10.1. The molecule has 1 fully saturated rings. The van der Waals surface area contributed by atoms with Gasteiger partial charge in [-0.15, -0.1) is 5.10 Å². The molecule has 11 heteroatoms. The molecule has 1 amide bonds. The molecule has 3 N–H and O–H groups in total. The Hall–Kier alpha value is -4.02. The molecule has 0 radical (unpaired) electrons. The first-order valence-electron chi connectivity index (χ1n) is 9.42. The Balaban J connectivity index is 1.63. The number of hydrogen-bond donors (Lipinski definition) is 3. The minimum atomic E-state index is -0.767. The number of nitrogens with one attached hydrogen (secondary N) is 3. The number of ether oxygens (including phenoxy) is 1. The van der Waals surface area contributed by atoms with Crippen LogP contribution in [0.3, 0.4) is 0 Å². The van der Waals surface area contributed by atoms with Crippen LogP contribution in [0.2, 0.25) is 0 Å². The van der Waals surface area contributed by atoms with Gasteiger partial charge in [-0.3, -0.25) is 9.78 Å². The van der Waals surface area contributed by atoms with Gasteiger partial charge in [0.1, 0.15) is 23.4 Å². The van der Waals surface area contributed by atoms with E-state index in [4.69, 9.17) is 9.15 Å². The van der Waals surface area contributed by atoms with Gasteiger partial charge in [-0.2, -0.15) is 0 Å². The molecule has 9 nitrogen and oxygen atoms in total. The van der Waals surface area contributed by atoms with E-state index >= 15 is 0 Å². The molecule has 1 saturated heterocycles. The normalized spacial score (nSPS) is 16.0. The number of methoxy groups -OCH3 is 1. The number of rotatable bonds is 5. The van der Waals surface area contributed by atoms with Crippen molar-refractivity contribution in [3.8, 4) is 28.6 Å². The number of pyridine rings is 1. The topological polar surface area (TPSA) is 118 Å². The van der Waals surface area contributed by atoms with Crippen LogP contribution in [0.5, 0.6) is 5.75 Å². The second-order valence-corrected chi connectivity index (χ2v) is 6.96. The van der Waals surface area contributed by atoms with Crippen LogP contribution in [-0.2, 0) is 4.79 Å². The average molecular weight is 426 g/mol. The fourth-order valence-electron chi connectivity index (χ4n) is 3.55. The monoisotopic (exact) mass is 426 g/mol. The van der Waals surface area contributed by atoms with E-state index in [1.807, 2.05) is 0 Å². The van der Waals surface area contributed by atoms with E-state index in [1.54, 1.807) is 12.1 Å². The number of carbonyl (C=O) groups is 1. The van der Waals surface area contributed by atoms with E-state index in [-0.39, 0.29) is 28.7 Å². The Kier molecular flexibility index (Phi) is 4.50. The van der Waals surface area contributed by atoms with Gasteiger partial charge < -0.3 is 24.8 Å². The van der Waals surface area contributed by atoms with Crippen molar-refractivity contribution in [2.75, 3.05) is 19.0 Å². The molecule has 5 rings (SSSR count). The highest BCUT2D eigenvalue weighted by Gasteiger charge is 2.27. The third kappa shape index (κ3) is 3.33. The highest BCUT2D eigenvalue weighted by atomic mass is 19.1. The molecule has 4 heterocycles. The summed E-state index contributed by atoms with van der Waals surface area (Å²) in [5, 5.41) is 13.8. The number of aromatic nitrogens is 4. The summed E-state index contributed by atoms with van der Waals surface area (Å²) < 4.78 is 39.3. The van der Waals surface area contributed by atoms with E-state index in [1.165, 1.54) is 19.4 Å². The molecule has 31 heavy (non-hydrogen) atoms. The number of aromatic amines is 1. The zero-order valence-corrected chi connectivity index (χ0v) is 16.2. The SMILES string of the molecule is COc1ccc(-c2[nH]c3c(F)cc(F)cc3c2-c2nnc(NC3CCNC3=O)o2)nc1. The van der Waals surface area contributed by atoms with Gasteiger partial charge in [0.15, 0.2) is 0 Å². The maximum Gasteiger partial charge on any atom is 0.316 e. The lowest BCUT2D eigenvalue weighted by Gasteiger charge is -2.06. The number of halogens is 2. The lowest BCUT2D eigenvalue weighted by molar-refractivity contribution is -0.119. The molecule has 3 aromatic heterocycles. The number of H-pyrrole nitrogens is 1. The summed E-state index contributed by atoms with van der Waals surface area (Å²) in [6.07, 6.45) is 2.07. The molecule has 1 aromatic carbocycles. The second kappa shape index (κ2) is 7.35. The molecule has 0 saturated carbocycles. The van der Waals surface area contributed by atoms with Gasteiger partial charge in [0, 0.05) is 18.0 Å². The molecule has 0 spiro atoms. The number of hydrogen-bond acceptors (Lipinski definition) is 7. The molecule has 4 aromatic rings. The summed E-state index contributed by atoms with van der Waals surface area (Å²) in [6.45, 7) is 0.547. The smallest absolute Gasteiger partial charge is 0.316 e. The van der Waals surface area contributed by atoms with Crippen molar-refractivity contribution in [2.24, 2.45) is 0 Å². The third-order valence-electron chi connectivity index (χ3n) is 5.04. The van der Waals surface area contributed by atoms with Crippen LogP contribution in [0.1, 0.15) is 6.42 Å². The van der Waals surface area contributed by atoms with Crippen molar-refractivity contribution in [2.45, 2.75) is 12.5 Å². The van der Waals surface area contributed by atoms with E-state index in [0.717, 1.165) is 6.07 Å². The van der Waals surface area contributed by atoms with Gasteiger partial charge in [0.25, 0.3) is 5.89 Å². The van der Waals surface area contributed by atoms with Gasteiger partial charge in [-0.1, -0.05) is 5.10 Å². The molecule has 158 valence electrons. The Morgan fingerprint density at radius 3 is 2.84 bits per heavy atom. The fourth-order valence-corrected chi connectivity index (χ4v) is 3.55. The molecule has 0 bridgehead atoms. The highest BCUT2D eigenvalue weighted by molar-refractivity contribution is 6.01.